The molecule has 460 valence electrons. The molecule has 14 rings (SSSR count). The Kier molecular flexibility index (Phi) is 16.9. The van der Waals surface area contributed by atoms with E-state index in [2.05, 4.69) is 336 Å². The largest absolute Gasteiger partial charge is 0.493 e. The molecule has 1 aliphatic carbocycles. The third kappa shape index (κ3) is 11.8. The first-order valence-electron chi connectivity index (χ1n) is 33.4. The van der Waals surface area contributed by atoms with E-state index in [1.165, 1.54) is 77.5 Å². The lowest BCUT2D eigenvalue weighted by atomic mass is 9.69. The molecule has 0 aliphatic heterocycles. The van der Waals surface area contributed by atoms with E-state index in [0.717, 1.165) is 99.5 Å². The van der Waals surface area contributed by atoms with Crippen molar-refractivity contribution in [3.8, 4) is 67.1 Å². The number of nitrogens with zero attached hydrogens (tertiary/aromatic N) is 2. The fourth-order valence-corrected chi connectivity index (χ4v) is 14.4. The maximum absolute atomic E-state index is 6.39. The monoisotopic (exact) mass is 1220 g/mol. The van der Waals surface area contributed by atoms with Crippen LogP contribution in [0.25, 0.3) is 101 Å². The van der Waals surface area contributed by atoms with Crippen molar-refractivity contribution >= 4 is 57.1 Å². The van der Waals surface area contributed by atoms with Gasteiger partial charge in [0, 0.05) is 38.9 Å². The van der Waals surface area contributed by atoms with Crippen molar-refractivity contribution in [3.63, 3.8) is 0 Å². The molecule has 0 fully saturated rings. The summed E-state index contributed by atoms with van der Waals surface area (Å²) < 4.78 is 8.81. The Morgan fingerprint density at radius 3 is 1.40 bits per heavy atom. The molecule has 0 N–H and O–H groups in total. The standard InChI is InChI=1S/C91H80N2O/c1-8-63-24-30-67(31-25-63)69-38-50-79(51-39-69)93-88-56-42-73(71-32-26-64(9-2)27-33-71)59-84(88)85-60-74(43-57-89(85)93)72-40-48-78(49-41-72)92(77-46-36-70(37-47-77)68-34-44-75(45-35-68)90(5,6)7)80-52-55-83-82-22-15-16-23-86(82)91(87(83)61-80,76-20-13-12-14-21-76)58-18-17-19-66(11-4)62-94-81-53-28-65(10-3)29-54-81/h8-10,12-16,20-57,59-61,66H,1-3,11,17-19,58,62H2,4-7H3. The topological polar surface area (TPSA) is 17.4 Å². The van der Waals surface area contributed by atoms with Gasteiger partial charge in [0.15, 0.2) is 0 Å². The van der Waals surface area contributed by atoms with Crippen LogP contribution in [0.15, 0.2) is 299 Å². The first-order chi connectivity index (χ1) is 46.0. The molecule has 3 nitrogen and oxygen atoms in total. The smallest absolute Gasteiger partial charge is 0.119 e. The van der Waals surface area contributed by atoms with Crippen molar-refractivity contribution in [1.29, 1.82) is 0 Å². The Morgan fingerprint density at radius 2 is 0.883 bits per heavy atom. The highest BCUT2D eigenvalue weighted by Crippen LogP contribution is 2.57. The Bertz CT molecular complexity index is 4850. The zero-order chi connectivity index (χ0) is 64.3. The zero-order valence-corrected chi connectivity index (χ0v) is 54.5. The fraction of sp³-hybridized carbons (Fsp3) is 0.143. The van der Waals surface area contributed by atoms with Crippen LogP contribution in [0.1, 0.15) is 98.7 Å². The van der Waals surface area contributed by atoms with Gasteiger partial charge in [-0.1, -0.05) is 279 Å². The predicted octanol–water partition coefficient (Wildman–Crippen LogP) is 25.1. The molecule has 2 unspecified atom stereocenters. The van der Waals surface area contributed by atoms with Gasteiger partial charge in [0.25, 0.3) is 0 Å². The number of aromatic nitrogens is 1. The van der Waals surface area contributed by atoms with Crippen molar-refractivity contribution in [2.75, 3.05) is 11.5 Å². The molecule has 0 saturated carbocycles. The molecular weight excluding hydrogens is 1140 g/mol. The predicted molar refractivity (Wildman–Crippen MR) is 402 cm³/mol. The SMILES string of the molecule is C=Cc1ccc(OCC(CC)CCCCC2(c3ccccc3)c3ccccc3-c3ccc(N(c4ccc(-c5ccc(C(C)(C)C)cc5)cc4)c4ccc(-c5ccc6c(c5)c5cc(-c7ccc(C=C)cc7)ccc5n6-c5ccc(-c6ccc(C=C)cc6)cc5)cc4)cc32)cc1. The average molecular weight is 1220 g/mol. The summed E-state index contributed by atoms with van der Waals surface area (Å²) in [4.78, 5) is 2.47. The second kappa shape index (κ2) is 26.1. The van der Waals surface area contributed by atoms with Gasteiger partial charge in [-0.3, -0.25) is 0 Å². The molecule has 94 heavy (non-hydrogen) atoms. The summed E-state index contributed by atoms with van der Waals surface area (Å²) in [7, 11) is 0. The average Bonchev–Trinajstić information content (AvgIpc) is 1.57. The van der Waals surface area contributed by atoms with Gasteiger partial charge >= 0.3 is 0 Å². The molecule has 13 aromatic rings. The number of rotatable bonds is 21. The molecule has 0 bridgehead atoms. The fourth-order valence-electron chi connectivity index (χ4n) is 14.4. The number of fused-ring (bicyclic) bond motifs is 6. The van der Waals surface area contributed by atoms with Crippen LogP contribution in [-0.4, -0.2) is 11.2 Å². The summed E-state index contributed by atoms with van der Waals surface area (Å²) in [6, 6.07) is 104. The highest BCUT2D eigenvalue weighted by atomic mass is 16.5. The maximum Gasteiger partial charge on any atom is 0.119 e. The quantitative estimate of drug-likeness (QED) is 0.0667. The van der Waals surface area contributed by atoms with E-state index in [-0.39, 0.29) is 10.8 Å². The van der Waals surface area contributed by atoms with Gasteiger partial charge in [-0.25, -0.2) is 0 Å². The summed E-state index contributed by atoms with van der Waals surface area (Å²) in [5, 5.41) is 2.40. The molecule has 0 saturated heterocycles. The second-order valence-corrected chi connectivity index (χ2v) is 26.4. The van der Waals surface area contributed by atoms with E-state index in [4.69, 9.17) is 4.74 Å². The van der Waals surface area contributed by atoms with E-state index in [9.17, 15) is 0 Å². The Hall–Kier alpha value is -10.7. The maximum atomic E-state index is 6.39. The highest BCUT2D eigenvalue weighted by Gasteiger charge is 2.44. The summed E-state index contributed by atoms with van der Waals surface area (Å²) >= 11 is 0. The molecule has 3 heteroatoms. The Balaban J connectivity index is 0.843. The number of benzene rings is 12. The molecule has 12 aromatic carbocycles. The van der Waals surface area contributed by atoms with Gasteiger partial charge in [-0.2, -0.15) is 0 Å². The van der Waals surface area contributed by atoms with E-state index < -0.39 is 0 Å². The van der Waals surface area contributed by atoms with Gasteiger partial charge in [0.05, 0.1) is 17.6 Å². The molecule has 0 radical (unpaired) electrons. The van der Waals surface area contributed by atoms with Crippen molar-refractivity contribution in [3.05, 3.63) is 338 Å². The number of hydrogen-bond donors (Lipinski definition) is 0. The van der Waals surface area contributed by atoms with Gasteiger partial charge in [0.1, 0.15) is 5.75 Å². The first kappa shape index (κ1) is 60.8. The zero-order valence-electron chi connectivity index (χ0n) is 54.5. The lowest BCUT2D eigenvalue weighted by molar-refractivity contribution is 0.232. The normalized spacial score (nSPS) is 13.7. The molecule has 0 amide bonds. The molecule has 1 aliphatic rings. The van der Waals surface area contributed by atoms with Crippen LogP contribution >= 0.6 is 0 Å². The molecule has 1 heterocycles. The summed E-state index contributed by atoms with van der Waals surface area (Å²) in [6.45, 7) is 21.7. The Labute approximate surface area is 556 Å². The number of anilines is 3. The molecule has 1 aromatic heterocycles. The van der Waals surface area contributed by atoms with E-state index in [0.29, 0.717) is 12.5 Å². The molecular formula is C91H80N2O. The van der Waals surface area contributed by atoms with Gasteiger partial charge in [-0.05, 0) is 204 Å². The third-order valence-electron chi connectivity index (χ3n) is 19.8. The third-order valence-corrected chi connectivity index (χ3v) is 19.8. The van der Waals surface area contributed by atoms with Crippen LogP contribution < -0.4 is 9.64 Å². The lowest BCUT2D eigenvalue weighted by Crippen LogP contribution is -2.27. The van der Waals surface area contributed by atoms with Crippen LogP contribution in [0.2, 0.25) is 0 Å². The lowest BCUT2D eigenvalue weighted by Gasteiger charge is -2.34. The number of hydrogen-bond acceptors (Lipinski definition) is 2. The van der Waals surface area contributed by atoms with Crippen LogP contribution in [-0.2, 0) is 10.8 Å². The summed E-state index contributed by atoms with van der Waals surface area (Å²) in [5.74, 6) is 1.38. The number of unbranched alkanes of at least 4 members (excludes halogenated alkanes) is 1. The van der Waals surface area contributed by atoms with E-state index in [1.807, 2.05) is 18.2 Å². The first-order valence-corrected chi connectivity index (χ1v) is 33.4. The van der Waals surface area contributed by atoms with Crippen LogP contribution in [0.5, 0.6) is 5.75 Å². The summed E-state index contributed by atoms with van der Waals surface area (Å²) in [6.07, 6.45) is 11.0. The van der Waals surface area contributed by atoms with E-state index in [1.54, 1.807) is 0 Å². The van der Waals surface area contributed by atoms with Gasteiger partial charge in [-0.15, -0.1) is 0 Å². The van der Waals surface area contributed by atoms with Crippen molar-refractivity contribution in [1.82, 2.24) is 4.57 Å². The minimum absolute atomic E-state index is 0.0749. The van der Waals surface area contributed by atoms with Gasteiger partial charge < -0.3 is 14.2 Å². The van der Waals surface area contributed by atoms with Crippen LogP contribution in [0.3, 0.4) is 0 Å². The second-order valence-electron chi connectivity index (χ2n) is 26.4. The van der Waals surface area contributed by atoms with Crippen LogP contribution in [0, 0.1) is 5.92 Å². The number of ether oxygens (including phenoxy) is 1. The van der Waals surface area contributed by atoms with Gasteiger partial charge in [0.2, 0.25) is 0 Å². The Morgan fingerprint density at radius 1 is 0.436 bits per heavy atom. The minimum atomic E-state index is -0.368. The van der Waals surface area contributed by atoms with Crippen LogP contribution in [0.4, 0.5) is 17.1 Å². The molecule has 0 spiro atoms. The van der Waals surface area contributed by atoms with Crippen molar-refractivity contribution in [2.24, 2.45) is 5.92 Å². The van der Waals surface area contributed by atoms with Crippen molar-refractivity contribution < 1.29 is 4.74 Å². The molecule has 2 atom stereocenters. The highest BCUT2D eigenvalue weighted by molar-refractivity contribution is 6.12. The van der Waals surface area contributed by atoms with E-state index >= 15 is 0 Å². The van der Waals surface area contributed by atoms with Crippen molar-refractivity contribution in [2.45, 2.75) is 70.6 Å². The minimum Gasteiger partial charge on any atom is -0.493 e. The summed E-state index contributed by atoms with van der Waals surface area (Å²) in [5.41, 5.74) is 27.2.